The highest BCUT2D eigenvalue weighted by Gasteiger charge is 2.38. The third-order valence-corrected chi connectivity index (χ3v) is 4.62. The number of halogens is 3. The molecule has 0 radical (unpaired) electrons. The molecule has 0 aliphatic carbocycles. The van der Waals surface area contributed by atoms with E-state index in [9.17, 15) is 17.4 Å². The monoisotopic (exact) mass is 312 g/mol. The van der Waals surface area contributed by atoms with E-state index in [-0.39, 0.29) is 10.3 Å². The minimum Gasteiger partial charge on any atom is -0.245 e. The van der Waals surface area contributed by atoms with Gasteiger partial charge in [-0.05, 0) is 23.3 Å². The quantitative estimate of drug-likeness (QED) is 0.807. The Balaban J connectivity index is 2.33. The minimum absolute atomic E-state index is 0.227. The van der Waals surface area contributed by atoms with E-state index in [0.717, 1.165) is 11.1 Å². The Morgan fingerprint density at radius 1 is 0.810 bits per heavy atom. The molecule has 0 saturated heterocycles. The lowest BCUT2D eigenvalue weighted by Crippen LogP contribution is -2.19. The highest BCUT2D eigenvalue weighted by Crippen LogP contribution is 2.33. The van der Waals surface area contributed by atoms with Crippen molar-refractivity contribution in [2.45, 2.75) is 29.7 Å². The van der Waals surface area contributed by atoms with Gasteiger partial charge in [-0.15, -0.1) is 0 Å². The summed E-state index contributed by atoms with van der Waals surface area (Å²) in [7, 11) is -2.98. The fourth-order valence-electron chi connectivity index (χ4n) is 2.15. The summed E-state index contributed by atoms with van der Waals surface area (Å²) < 4.78 is 48.6. The third kappa shape index (κ3) is 3.35. The summed E-state index contributed by atoms with van der Waals surface area (Å²) in [5, 5.41) is 0. The molecule has 0 N–H and O–H groups in total. The van der Waals surface area contributed by atoms with Gasteiger partial charge in [-0.25, -0.2) is 4.21 Å². The van der Waals surface area contributed by atoms with Crippen molar-refractivity contribution < 1.29 is 17.4 Å². The van der Waals surface area contributed by atoms with Crippen LogP contribution in [0.4, 0.5) is 13.2 Å². The van der Waals surface area contributed by atoms with E-state index < -0.39 is 16.3 Å². The van der Waals surface area contributed by atoms with Crippen molar-refractivity contribution >= 4 is 10.8 Å². The summed E-state index contributed by atoms with van der Waals surface area (Å²) in [6.07, 6.45) is 0. The van der Waals surface area contributed by atoms with Gasteiger partial charge in [0.2, 0.25) is 0 Å². The number of benzene rings is 2. The molecule has 2 aromatic carbocycles. The first-order valence-corrected chi connectivity index (χ1v) is 7.52. The van der Waals surface area contributed by atoms with Gasteiger partial charge in [0.15, 0.2) is 10.8 Å². The topological polar surface area (TPSA) is 17.1 Å². The number of alkyl halides is 3. The van der Waals surface area contributed by atoms with E-state index in [1.165, 1.54) is 12.1 Å². The molecule has 0 bridgehead atoms. The molecule has 112 valence electrons. The molecule has 0 spiro atoms. The zero-order chi connectivity index (χ0) is 15.7. The van der Waals surface area contributed by atoms with E-state index in [1.807, 2.05) is 44.2 Å². The van der Waals surface area contributed by atoms with Crippen LogP contribution in [0.15, 0.2) is 59.5 Å². The Bertz CT molecular complexity index is 631. The Kier molecular flexibility index (Phi) is 4.23. The molecule has 1 unspecified atom stereocenters. The van der Waals surface area contributed by atoms with Crippen molar-refractivity contribution in [2.24, 2.45) is 0 Å². The van der Waals surface area contributed by atoms with E-state index >= 15 is 0 Å². The number of hydrogen-bond donors (Lipinski definition) is 0. The van der Waals surface area contributed by atoms with Gasteiger partial charge in [0.1, 0.15) is 0 Å². The predicted octanol–water partition coefficient (Wildman–Crippen LogP) is 4.64. The first-order chi connectivity index (χ1) is 9.73. The lowest BCUT2D eigenvalue weighted by atomic mass is 9.78. The van der Waals surface area contributed by atoms with Crippen molar-refractivity contribution in [3.05, 3.63) is 65.7 Å². The number of rotatable bonds is 3. The van der Waals surface area contributed by atoms with Crippen LogP contribution in [-0.4, -0.2) is 9.72 Å². The molecule has 0 fully saturated rings. The van der Waals surface area contributed by atoms with Gasteiger partial charge in [-0.2, -0.15) is 13.2 Å². The highest BCUT2D eigenvalue weighted by molar-refractivity contribution is 7.86. The van der Waals surface area contributed by atoms with Crippen LogP contribution >= 0.6 is 0 Å². The van der Waals surface area contributed by atoms with E-state index in [2.05, 4.69) is 0 Å². The van der Waals surface area contributed by atoms with Crippen LogP contribution < -0.4 is 0 Å². The van der Waals surface area contributed by atoms with E-state index in [0.29, 0.717) is 0 Å². The molecule has 0 amide bonds. The smallest absolute Gasteiger partial charge is 0.245 e. The second-order valence-corrected chi connectivity index (χ2v) is 6.70. The molecule has 2 aromatic rings. The Hall–Kier alpha value is -1.62. The van der Waals surface area contributed by atoms with Gasteiger partial charge < -0.3 is 0 Å². The Morgan fingerprint density at radius 2 is 1.29 bits per heavy atom. The first kappa shape index (κ1) is 15.8. The summed E-state index contributed by atoms with van der Waals surface area (Å²) in [4.78, 5) is -0.227. The molecule has 0 aliphatic rings. The molecule has 0 saturated carbocycles. The van der Waals surface area contributed by atoms with Gasteiger partial charge in [0.25, 0.3) is 0 Å². The second-order valence-electron chi connectivity index (χ2n) is 5.23. The van der Waals surface area contributed by atoms with Gasteiger partial charge in [-0.1, -0.05) is 56.3 Å². The van der Waals surface area contributed by atoms with Crippen molar-refractivity contribution in [1.82, 2.24) is 0 Å². The van der Waals surface area contributed by atoms with Gasteiger partial charge in [0.05, 0.1) is 0 Å². The SMILES string of the molecule is CC(C)(c1ccccc1)c1ccc(S(=O)C(F)(F)F)cc1. The second kappa shape index (κ2) is 5.64. The zero-order valence-corrected chi connectivity index (χ0v) is 12.5. The Morgan fingerprint density at radius 3 is 1.76 bits per heavy atom. The molecule has 21 heavy (non-hydrogen) atoms. The fraction of sp³-hybridized carbons (Fsp3) is 0.250. The highest BCUT2D eigenvalue weighted by atomic mass is 32.2. The molecule has 5 heteroatoms. The molecule has 0 aliphatic heterocycles. The maximum Gasteiger partial charge on any atom is 0.475 e. The molecular formula is C16H15F3OS. The van der Waals surface area contributed by atoms with Crippen LogP contribution in [0.1, 0.15) is 25.0 Å². The molecule has 1 nitrogen and oxygen atoms in total. The van der Waals surface area contributed by atoms with Crippen LogP contribution in [0.3, 0.4) is 0 Å². The Labute approximate surface area is 124 Å². The van der Waals surface area contributed by atoms with Crippen molar-refractivity contribution in [1.29, 1.82) is 0 Å². The summed E-state index contributed by atoms with van der Waals surface area (Å²) in [5.74, 6) is 0. The molecular weight excluding hydrogens is 297 g/mol. The standard InChI is InChI=1S/C16H15F3OS/c1-15(2,12-6-4-3-5-7-12)13-8-10-14(11-9-13)21(20)16(17,18)19/h3-11H,1-2H3. The van der Waals surface area contributed by atoms with Gasteiger partial charge >= 0.3 is 5.51 Å². The maximum atomic E-state index is 12.4. The van der Waals surface area contributed by atoms with Gasteiger partial charge in [0, 0.05) is 10.3 Å². The lowest BCUT2D eigenvalue weighted by Gasteiger charge is -2.26. The molecule has 2 rings (SSSR count). The van der Waals surface area contributed by atoms with Crippen LogP contribution in [-0.2, 0) is 16.2 Å². The van der Waals surface area contributed by atoms with Crippen LogP contribution in [0.5, 0.6) is 0 Å². The summed E-state index contributed by atoms with van der Waals surface area (Å²) in [6.45, 7) is 4.00. The van der Waals surface area contributed by atoms with Crippen LogP contribution in [0.25, 0.3) is 0 Å². The summed E-state index contributed by atoms with van der Waals surface area (Å²) in [5.41, 5.74) is -3.12. The molecule has 0 aromatic heterocycles. The average molecular weight is 312 g/mol. The first-order valence-electron chi connectivity index (χ1n) is 6.37. The lowest BCUT2D eigenvalue weighted by molar-refractivity contribution is -0.0384. The summed E-state index contributed by atoms with van der Waals surface area (Å²) >= 11 is 0. The predicted molar refractivity (Wildman–Crippen MR) is 77.5 cm³/mol. The largest absolute Gasteiger partial charge is 0.475 e. The zero-order valence-electron chi connectivity index (χ0n) is 11.6. The van der Waals surface area contributed by atoms with Crippen molar-refractivity contribution in [3.63, 3.8) is 0 Å². The third-order valence-electron chi connectivity index (χ3n) is 3.50. The maximum absolute atomic E-state index is 12.4. The number of hydrogen-bond acceptors (Lipinski definition) is 1. The normalized spacial score (nSPS) is 14.0. The van der Waals surface area contributed by atoms with Crippen molar-refractivity contribution in [2.75, 3.05) is 0 Å². The summed E-state index contributed by atoms with van der Waals surface area (Å²) in [6, 6.07) is 15.5. The fourth-order valence-corrected chi connectivity index (χ4v) is 2.80. The molecule has 1 atom stereocenters. The van der Waals surface area contributed by atoms with E-state index in [4.69, 9.17) is 0 Å². The van der Waals surface area contributed by atoms with Crippen LogP contribution in [0.2, 0.25) is 0 Å². The average Bonchev–Trinajstić information content (AvgIpc) is 2.46. The van der Waals surface area contributed by atoms with Crippen molar-refractivity contribution in [3.8, 4) is 0 Å². The van der Waals surface area contributed by atoms with E-state index in [1.54, 1.807) is 12.1 Å². The van der Waals surface area contributed by atoms with Gasteiger partial charge in [-0.3, -0.25) is 0 Å². The molecule has 0 heterocycles. The minimum atomic E-state index is -4.73. The van der Waals surface area contributed by atoms with Crippen LogP contribution in [0, 0.1) is 0 Å².